The lowest BCUT2D eigenvalue weighted by Crippen LogP contribution is -2.52. The minimum absolute atomic E-state index is 0. The highest BCUT2D eigenvalue weighted by atomic mass is 127. The number of ether oxygens (including phenoxy) is 1. The van der Waals surface area contributed by atoms with Crippen molar-refractivity contribution in [1.29, 1.82) is 0 Å². The summed E-state index contributed by atoms with van der Waals surface area (Å²) in [6.45, 7) is 6.24. The fourth-order valence-electron chi connectivity index (χ4n) is 3.34. The Hall–Kier alpha value is -2.02. The van der Waals surface area contributed by atoms with Crippen LogP contribution in [-0.4, -0.2) is 60.7 Å². The van der Waals surface area contributed by atoms with Gasteiger partial charge in [0.25, 0.3) is 0 Å². The molecule has 1 aliphatic heterocycles. The first-order valence-electron chi connectivity index (χ1n) is 9.79. The van der Waals surface area contributed by atoms with Crippen LogP contribution >= 0.6 is 24.0 Å². The molecule has 31 heavy (non-hydrogen) atoms. The van der Waals surface area contributed by atoms with Crippen molar-refractivity contribution in [3.8, 4) is 5.75 Å². The van der Waals surface area contributed by atoms with Crippen LogP contribution < -0.4 is 10.1 Å². The molecular formula is C20H27F3IN5O2. The Morgan fingerprint density at radius 1 is 1.23 bits per heavy atom. The maximum atomic E-state index is 13.4. The molecule has 0 saturated carbocycles. The minimum Gasteiger partial charge on any atom is -0.497 e. The number of alkyl halides is 3. The van der Waals surface area contributed by atoms with Crippen molar-refractivity contribution in [2.75, 3.05) is 39.8 Å². The molecule has 3 rings (SSSR count). The van der Waals surface area contributed by atoms with Crippen LogP contribution in [0, 0.1) is 0 Å². The Bertz CT molecular complexity index is 838. The molecule has 7 nitrogen and oxygen atoms in total. The fraction of sp³-hybridized carbons (Fsp3) is 0.500. The van der Waals surface area contributed by atoms with Crippen LogP contribution in [0.2, 0.25) is 0 Å². The molecule has 1 N–H and O–H groups in total. The number of halogens is 4. The number of guanidine groups is 1. The Morgan fingerprint density at radius 3 is 2.55 bits per heavy atom. The summed E-state index contributed by atoms with van der Waals surface area (Å²) in [6, 6.07) is 5.80. The quantitative estimate of drug-likeness (QED) is 0.335. The zero-order valence-corrected chi connectivity index (χ0v) is 19.8. The van der Waals surface area contributed by atoms with Gasteiger partial charge in [-0.25, -0.2) is 4.99 Å². The van der Waals surface area contributed by atoms with E-state index in [1.807, 2.05) is 13.0 Å². The highest BCUT2D eigenvalue weighted by molar-refractivity contribution is 14.0. The van der Waals surface area contributed by atoms with Crippen molar-refractivity contribution in [2.24, 2.45) is 4.99 Å². The SMILES string of the molecule is CCNC(=NCc1ccc(OC)cc1C(F)(F)F)N1CCN(Cc2ccon2)CC1.I. The van der Waals surface area contributed by atoms with Gasteiger partial charge in [-0.2, -0.15) is 13.2 Å². The van der Waals surface area contributed by atoms with E-state index in [9.17, 15) is 13.2 Å². The van der Waals surface area contributed by atoms with Crippen LogP contribution in [0.25, 0.3) is 0 Å². The molecule has 11 heteroatoms. The third-order valence-corrected chi connectivity index (χ3v) is 4.91. The Kier molecular flexibility index (Phi) is 9.41. The minimum atomic E-state index is -4.47. The molecule has 0 radical (unpaired) electrons. The average Bonchev–Trinajstić information content (AvgIpc) is 3.24. The lowest BCUT2D eigenvalue weighted by molar-refractivity contribution is -0.138. The van der Waals surface area contributed by atoms with Gasteiger partial charge in [0.2, 0.25) is 0 Å². The van der Waals surface area contributed by atoms with E-state index in [1.165, 1.54) is 19.2 Å². The number of benzene rings is 1. The molecule has 0 unspecified atom stereocenters. The lowest BCUT2D eigenvalue weighted by Gasteiger charge is -2.36. The normalized spacial score (nSPS) is 15.5. The molecule has 1 saturated heterocycles. The van der Waals surface area contributed by atoms with Gasteiger partial charge >= 0.3 is 6.18 Å². The zero-order valence-electron chi connectivity index (χ0n) is 17.5. The van der Waals surface area contributed by atoms with E-state index in [0.29, 0.717) is 19.0 Å². The zero-order chi connectivity index (χ0) is 21.6. The van der Waals surface area contributed by atoms with Gasteiger partial charge in [-0.15, -0.1) is 24.0 Å². The number of piperazine rings is 1. The molecule has 0 atom stereocenters. The maximum Gasteiger partial charge on any atom is 0.416 e. The molecule has 0 spiro atoms. The van der Waals surface area contributed by atoms with Gasteiger partial charge in [0.15, 0.2) is 5.96 Å². The number of aromatic nitrogens is 1. The number of nitrogens with zero attached hydrogens (tertiary/aromatic N) is 4. The van der Waals surface area contributed by atoms with Gasteiger partial charge in [0.05, 0.1) is 24.9 Å². The van der Waals surface area contributed by atoms with E-state index in [2.05, 4.69) is 25.3 Å². The van der Waals surface area contributed by atoms with Crippen LogP contribution in [0.15, 0.2) is 40.0 Å². The summed E-state index contributed by atoms with van der Waals surface area (Å²) < 4.78 is 50.1. The van der Waals surface area contributed by atoms with Crippen LogP contribution in [0.1, 0.15) is 23.7 Å². The highest BCUT2D eigenvalue weighted by Crippen LogP contribution is 2.34. The Morgan fingerprint density at radius 2 is 1.97 bits per heavy atom. The van der Waals surface area contributed by atoms with Crippen LogP contribution in [0.3, 0.4) is 0 Å². The second kappa shape index (κ2) is 11.6. The number of nitrogens with one attached hydrogen (secondary N) is 1. The van der Waals surface area contributed by atoms with Crippen molar-refractivity contribution < 1.29 is 22.4 Å². The Balaban J connectivity index is 0.00000341. The van der Waals surface area contributed by atoms with Gasteiger partial charge < -0.3 is 19.5 Å². The number of hydrogen-bond donors (Lipinski definition) is 1. The van der Waals surface area contributed by atoms with Crippen LogP contribution in [0.4, 0.5) is 13.2 Å². The van der Waals surface area contributed by atoms with Crippen LogP contribution in [-0.2, 0) is 19.3 Å². The van der Waals surface area contributed by atoms with Crippen LogP contribution in [0.5, 0.6) is 5.75 Å². The summed E-state index contributed by atoms with van der Waals surface area (Å²) in [7, 11) is 1.35. The summed E-state index contributed by atoms with van der Waals surface area (Å²) in [4.78, 5) is 8.80. The number of aliphatic imine (C=N–C) groups is 1. The number of rotatable bonds is 6. The smallest absolute Gasteiger partial charge is 0.416 e. The first-order chi connectivity index (χ1) is 14.4. The molecule has 2 heterocycles. The van der Waals surface area contributed by atoms with E-state index in [1.54, 1.807) is 6.26 Å². The second-order valence-electron chi connectivity index (χ2n) is 6.94. The van der Waals surface area contributed by atoms with Crippen molar-refractivity contribution >= 4 is 29.9 Å². The Labute approximate surface area is 196 Å². The van der Waals surface area contributed by atoms with Gasteiger partial charge in [-0.05, 0) is 24.6 Å². The number of methoxy groups -OCH3 is 1. The molecule has 1 fully saturated rings. The molecular weight excluding hydrogens is 526 g/mol. The summed E-state index contributed by atoms with van der Waals surface area (Å²) in [6.07, 6.45) is -2.92. The molecule has 1 aromatic heterocycles. The average molecular weight is 553 g/mol. The van der Waals surface area contributed by atoms with Gasteiger partial charge in [-0.1, -0.05) is 11.2 Å². The first-order valence-corrected chi connectivity index (χ1v) is 9.79. The summed E-state index contributed by atoms with van der Waals surface area (Å²) in [5.74, 6) is 0.785. The molecule has 0 amide bonds. The second-order valence-corrected chi connectivity index (χ2v) is 6.94. The summed E-state index contributed by atoms with van der Waals surface area (Å²) in [5, 5.41) is 7.12. The number of hydrogen-bond acceptors (Lipinski definition) is 5. The third kappa shape index (κ3) is 6.99. The fourth-order valence-corrected chi connectivity index (χ4v) is 3.34. The predicted molar refractivity (Wildman–Crippen MR) is 122 cm³/mol. The van der Waals surface area contributed by atoms with E-state index in [0.717, 1.165) is 37.9 Å². The van der Waals surface area contributed by atoms with Crippen molar-refractivity contribution in [2.45, 2.75) is 26.2 Å². The molecule has 2 aromatic rings. The molecule has 0 aliphatic carbocycles. The van der Waals surface area contributed by atoms with Gasteiger partial charge in [-0.3, -0.25) is 4.90 Å². The third-order valence-electron chi connectivity index (χ3n) is 4.91. The molecule has 0 bridgehead atoms. The van der Waals surface area contributed by atoms with Gasteiger partial charge in [0, 0.05) is 45.3 Å². The van der Waals surface area contributed by atoms with E-state index < -0.39 is 11.7 Å². The maximum absolute atomic E-state index is 13.4. The van der Waals surface area contributed by atoms with Crippen molar-refractivity contribution in [1.82, 2.24) is 20.3 Å². The van der Waals surface area contributed by atoms with Crippen molar-refractivity contribution in [3.63, 3.8) is 0 Å². The molecule has 1 aliphatic rings. The lowest BCUT2D eigenvalue weighted by atomic mass is 10.1. The largest absolute Gasteiger partial charge is 0.497 e. The summed E-state index contributed by atoms with van der Waals surface area (Å²) >= 11 is 0. The van der Waals surface area contributed by atoms with Crippen molar-refractivity contribution in [3.05, 3.63) is 47.3 Å². The van der Waals surface area contributed by atoms with E-state index in [-0.39, 0.29) is 41.8 Å². The monoisotopic (exact) mass is 553 g/mol. The standard InChI is InChI=1S/C20H26F3N5O2.HI/c1-3-24-19(28-9-7-27(8-10-28)14-16-6-11-30-26-16)25-13-15-4-5-17(29-2)12-18(15)20(21,22)23;/h4-6,11-12H,3,7-10,13-14H2,1-2H3,(H,24,25);1H. The van der Waals surface area contributed by atoms with E-state index >= 15 is 0 Å². The summed E-state index contributed by atoms with van der Waals surface area (Å²) in [5.41, 5.74) is 0.269. The predicted octanol–water partition coefficient (Wildman–Crippen LogP) is 3.60. The van der Waals surface area contributed by atoms with E-state index in [4.69, 9.17) is 9.26 Å². The molecule has 1 aromatic carbocycles. The topological polar surface area (TPSA) is 66.1 Å². The molecule has 172 valence electrons. The van der Waals surface area contributed by atoms with Gasteiger partial charge in [0.1, 0.15) is 12.0 Å². The highest BCUT2D eigenvalue weighted by Gasteiger charge is 2.33. The first kappa shape index (κ1) is 25.2.